The number of aryl methyl sites for hydroxylation is 2. The second-order valence-electron chi connectivity index (χ2n) is 6.17. The van der Waals surface area contributed by atoms with E-state index in [9.17, 15) is 0 Å². The second kappa shape index (κ2) is 11.8. The molecule has 3 N–H and O–H groups in total. The zero-order chi connectivity index (χ0) is 15.3. The third-order valence-electron chi connectivity index (χ3n) is 4.12. The fourth-order valence-electron chi connectivity index (χ4n) is 2.61. The Hall–Kier alpha value is -0.860. The fourth-order valence-corrected chi connectivity index (χ4v) is 2.61. The Morgan fingerprint density at radius 2 is 1.38 bits per heavy atom. The summed E-state index contributed by atoms with van der Waals surface area (Å²) >= 11 is 0. The quantitative estimate of drug-likeness (QED) is 0.566. The van der Waals surface area contributed by atoms with Gasteiger partial charge < -0.3 is 10.8 Å². The van der Waals surface area contributed by atoms with E-state index >= 15 is 0 Å². The highest BCUT2D eigenvalue weighted by Crippen LogP contribution is 2.12. The molecule has 2 heteroatoms. The molecule has 120 valence electrons. The highest BCUT2D eigenvalue weighted by atomic mass is 16.3. The van der Waals surface area contributed by atoms with Gasteiger partial charge in [0.1, 0.15) is 0 Å². The SMILES string of the molecule is CCCCc1ccc(CCCCCCCC(N)CO)cc1. The van der Waals surface area contributed by atoms with Gasteiger partial charge in [-0.15, -0.1) is 0 Å². The van der Waals surface area contributed by atoms with Crippen molar-refractivity contribution in [1.82, 2.24) is 0 Å². The average Bonchev–Trinajstić information content (AvgIpc) is 2.52. The molecule has 1 unspecified atom stereocenters. The van der Waals surface area contributed by atoms with Crippen LogP contribution in [-0.2, 0) is 12.8 Å². The van der Waals surface area contributed by atoms with Gasteiger partial charge in [0.25, 0.3) is 0 Å². The van der Waals surface area contributed by atoms with Crippen LogP contribution < -0.4 is 5.73 Å². The van der Waals surface area contributed by atoms with Crippen LogP contribution in [0.15, 0.2) is 24.3 Å². The number of hydrogen-bond acceptors (Lipinski definition) is 2. The fraction of sp³-hybridized carbons (Fsp3) is 0.684. The number of benzene rings is 1. The Bertz CT molecular complexity index is 347. The maximum Gasteiger partial charge on any atom is 0.0582 e. The van der Waals surface area contributed by atoms with Gasteiger partial charge in [0.2, 0.25) is 0 Å². The predicted molar refractivity (Wildman–Crippen MR) is 91.5 cm³/mol. The molecule has 21 heavy (non-hydrogen) atoms. The van der Waals surface area contributed by atoms with Gasteiger partial charge in [0.05, 0.1) is 6.61 Å². The maximum atomic E-state index is 8.84. The van der Waals surface area contributed by atoms with Gasteiger partial charge in [-0.2, -0.15) is 0 Å². The summed E-state index contributed by atoms with van der Waals surface area (Å²) in [4.78, 5) is 0. The molecule has 0 saturated heterocycles. The smallest absolute Gasteiger partial charge is 0.0582 e. The van der Waals surface area contributed by atoms with Gasteiger partial charge in [-0.05, 0) is 43.2 Å². The number of aliphatic hydroxyl groups is 1. The van der Waals surface area contributed by atoms with Crippen LogP contribution in [0.1, 0.15) is 69.4 Å². The lowest BCUT2D eigenvalue weighted by atomic mass is 10.0. The molecule has 2 nitrogen and oxygen atoms in total. The Morgan fingerprint density at radius 3 is 1.95 bits per heavy atom. The Balaban J connectivity index is 2.04. The molecule has 0 aliphatic rings. The molecule has 1 aromatic carbocycles. The number of hydrogen-bond donors (Lipinski definition) is 2. The maximum absolute atomic E-state index is 8.84. The van der Waals surface area contributed by atoms with Crippen LogP contribution in [0.2, 0.25) is 0 Å². The van der Waals surface area contributed by atoms with E-state index in [2.05, 4.69) is 31.2 Å². The molecule has 0 saturated carbocycles. The van der Waals surface area contributed by atoms with Crippen LogP contribution in [0.5, 0.6) is 0 Å². The van der Waals surface area contributed by atoms with Gasteiger partial charge >= 0.3 is 0 Å². The van der Waals surface area contributed by atoms with E-state index in [1.54, 1.807) is 0 Å². The predicted octanol–water partition coefficient (Wildman–Crippen LogP) is 4.23. The van der Waals surface area contributed by atoms with Crippen molar-refractivity contribution < 1.29 is 5.11 Å². The molecule has 1 aromatic rings. The number of aliphatic hydroxyl groups excluding tert-OH is 1. The summed E-state index contributed by atoms with van der Waals surface area (Å²) in [5, 5.41) is 8.84. The summed E-state index contributed by atoms with van der Waals surface area (Å²) in [7, 11) is 0. The molecule has 0 aliphatic heterocycles. The lowest BCUT2D eigenvalue weighted by Gasteiger charge is -2.07. The van der Waals surface area contributed by atoms with E-state index in [0.29, 0.717) is 0 Å². The molecule has 0 radical (unpaired) electrons. The van der Waals surface area contributed by atoms with Crippen LogP contribution in [0.25, 0.3) is 0 Å². The van der Waals surface area contributed by atoms with E-state index in [4.69, 9.17) is 10.8 Å². The summed E-state index contributed by atoms with van der Waals surface area (Å²) < 4.78 is 0. The van der Waals surface area contributed by atoms with Crippen LogP contribution in [0, 0.1) is 0 Å². The van der Waals surface area contributed by atoms with Gasteiger partial charge in [-0.1, -0.05) is 63.3 Å². The van der Waals surface area contributed by atoms with Crippen molar-refractivity contribution in [2.75, 3.05) is 6.61 Å². The molecule has 1 atom stereocenters. The van der Waals surface area contributed by atoms with Crippen LogP contribution >= 0.6 is 0 Å². The summed E-state index contributed by atoms with van der Waals surface area (Å²) in [6, 6.07) is 9.16. The summed E-state index contributed by atoms with van der Waals surface area (Å²) in [6.07, 6.45) is 12.2. The highest BCUT2D eigenvalue weighted by Gasteiger charge is 2.00. The topological polar surface area (TPSA) is 46.2 Å². The molecule has 0 aliphatic carbocycles. The zero-order valence-corrected chi connectivity index (χ0v) is 13.7. The first-order chi connectivity index (χ1) is 10.3. The minimum Gasteiger partial charge on any atom is -0.395 e. The Labute approximate surface area is 130 Å². The Morgan fingerprint density at radius 1 is 0.857 bits per heavy atom. The summed E-state index contributed by atoms with van der Waals surface area (Å²) in [6.45, 7) is 2.36. The van der Waals surface area contributed by atoms with Gasteiger partial charge in [-0.3, -0.25) is 0 Å². The lowest BCUT2D eigenvalue weighted by Crippen LogP contribution is -2.23. The molecule has 0 heterocycles. The van der Waals surface area contributed by atoms with Crippen molar-refractivity contribution in [3.63, 3.8) is 0 Å². The van der Waals surface area contributed by atoms with E-state index in [0.717, 1.165) is 12.8 Å². The molecule has 1 rings (SSSR count). The monoisotopic (exact) mass is 291 g/mol. The first-order valence-electron chi connectivity index (χ1n) is 8.70. The van der Waals surface area contributed by atoms with Crippen LogP contribution in [0.4, 0.5) is 0 Å². The van der Waals surface area contributed by atoms with Crippen molar-refractivity contribution in [3.05, 3.63) is 35.4 Å². The van der Waals surface area contributed by atoms with Gasteiger partial charge in [-0.25, -0.2) is 0 Å². The van der Waals surface area contributed by atoms with E-state index in [1.165, 1.54) is 62.5 Å². The largest absolute Gasteiger partial charge is 0.395 e. The lowest BCUT2D eigenvalue weighted by molar-refractivity contribution is 0.257. The van der Waals surface area contributed by atoms with E-state index in [1.807, 2.05) is 0 Å². The normalized spacial score (nSPS) is 12.5. The Kier molecular flexibility index (Phi) is 10.2. The van der Waals surface area contributed by atoms with Crippen LogP contribution in [-0.4, -0.2) is 17.8 Å². The van der Waals surface area contributed by atoms with Crippen molar-refractivity contribution in [3.8, 4) is 0 Å². The van der Waals surface area contributed by atoms with E-state index < -0.39 is 0 Å². The molecule has 0 fully saturated rings. The molecular weight excluding hydrogens is 258 g/mol. The van der Waals surface area contributed by atoms with Crippen LogP contribution in [0.3, 0.4) is 0 Å². The number of nitrogens with two attached hydrogens (primary N) is 1. The van der Waals surface area contributed by atoms with Gasteiger partial charge in [0.15, 0.2) is 0 Å². The number of unbranched alkanes of at least 4 members (excludes halogenated alkanes) is 5. The summed E-state index contributed by atoms with van der Waals surface area (Å²) in [5.74, 6) is 0. The molecule has 0 amide bonds. The third-order valence-corrected chi connectivity index (χ3v) is 4.12. The molecular formula is C19H33NO. The van der Waals surface area contributed by atoms with E-state index in [-0.39, 0.29) is 12.6 Å². The second-order valence-corrected chi connectivity index (χ2v) is 6.17. The highest BCUT2D eigenvalue weighted by molar-refractivity contribution is 5.22. The first kappa shape index (κ1) is 18.2. The molecule has 0 spiro atoms. The zero-order valence-electron chi connectivity index (χ0n) is 13.7. The first-order valence-corrected chi connectivity index (χ1v) is 8.70. The van der Waals surface area contributed by atoms with Crippen molar-refractivity contribution in [2.45, 2.75) is 77.2 Å². The molecule has 0 aromatic heterocycles. The average molecular weight is 291 g/mol. The van der Waals surface area contributed by atoms with Crippen molar-refractivity contribution >= 4 is 0 Å². The number of rotatable bonds is 12. The summed E-state index contributed by atoms with van der Waals surface area (Å²) in [5.41, 5.74) is 8.63. The third kappa shape index (κ3) is 8.90. The van der Waals surface area contributed by atoms with Crippen molar-refractivity contribution in [1.29, 1.82) is 0 Å². The molecule has 0 bridgehead atoms. The van der Waals surface area contributed by atoms with Gasteiger partial charge in [0, 0.05) is 6.04 Å². The minimum atomic E-state index is -0.0174. The van der Waals surface area contributed by atoms with Crippen molar-refractivity contribution in [2.24, 2.45) is 5.73 Å². The minimum absolute atomic E-state index is 0.0174. The standard InChI is InChI=1S/C19H33NO/c1-2-3-9-17-12-14-18(15-13-17)10-7-5-4-6-8-11-19(20)16-21/h12-15,19,21H,2-11,16,20H2,1H3.